The molecular formula is C13H11N3O3S. The Labute approximate surface area is 118 Å². The third-order valence-electron chi connectivity index (χ3n) is 2.40. The number of hydrogen-bond donors (Lipinski definition) is 1. The molecule has 0 spiro atoms. The highest BCUT2D eigenvalue weighted by atomic mass is 32.1. The van der Waals surface area contributed by atoms with Gasteiger partial charge in [-0.25, -0.2) is 5.43 Å². The van der Waals surface area contributed by atoms with Gasteiger partial charge in [-0.3, -0.25) is 14.9 Å². The van der Waals surface area contributed by atoms with Gasteiger partial charge in [-0.1, -0.05) is 18.2 Å². The summed E-state index contributed by atoms with van der Waals surface area (Å²) in [7, 11) is 0. The standard InChI is InChI=1S/C13H11N3O3S/c17-13(8-12-5-2-6-20-12)15-14-9-10-3-1-4-11(7-10)16(18)19/h1-7,9H,8H2,(H,15,17)/b14-9+. The summed E-state index contributed by atoms with van der Waals surface area (Å²) in [5.74, 6) is -0.228. The molecule has 0 saturated carbocycles. The Hall–Kier alpha value is -2.54. The average molecular weight is 289 g/mol. The van der Waals surface area contributed by atoms with E-state index in [2.05, 4.69) is 10.5 Å². The number of carbonyl (C=O) groups excluding carboxylic acids is 1. The fraction of sp³-hybridized carbons (Fsp3) is 0.0769. The number of thiophene rings is 1. The number of nitro groups is 1. The van der Waals surface area contributed by atoms with Gasteiger partial charge in [0, 0.05) is 22.6 Å². The van der Waals surface area contributed by atoms with E-state index >= 15 is 0 Å². The Balaban J connectivity index is 1.91. The van der Waals surface area contributed by atoms with E-state index < -0.39 is 4.92 Å². The van der Waals surface area contributed by atoms with Gasteiger partial charge >= 0.3 is 0 Å². The number of hydrogen-bond acceptors (Lipinski definition) is 5. The summed E-state index contributed by atoms with van der Waals surface area (Å²) in [4.78, 5) is 22.6. The van der Waals surface area contributed by atoms with Crippen molar-refractivity contribution >= 4 is 29.1 Å². The molecule has 0 aliphatic heterocycles. The zero-order chi connectivity index (χ0) is 14.4. The van der Waals surface area contributed by atoms with Crippen LogP contribution in [0.2, 0.25) is 0 Å². The van der Waals surface area contributed by atoms with Crippen LogP contribution in [0.25, 0.3) is 0 Å². The predicted octanol–water partition coefficient (Wildman–Crippen LogP) is 2.35. The largest absolute Gasteiger partial charge is 0.273 e. The van der Waals surface area contributed by atoms with Crippen molar-refractivity contribution in [2.24, 2.45) is 5.10 Å². The summed E-state index contributed by atoms with van der Waals surface area (Å²) in [5, 5.41) is 16.3. The minimum Gasteiger partial charge on any atom is -0.273 e. The van der Waals surface area contributed by atoms with Gasteiger partial charge < -0.3 is 0 Å². The third kappa shape index (κ3) is 3.99. The molecule has 0 aliphatic carbocycles. The van der Waals surface area contributed by atoms with Gasteiger partial charge in [0.05, 0.1) is 17.6 Å². The molecule has 0 fully saturated rings. The summed E-state index contributed by atoms with van der Waals surface area (Å²) < 4.78 is 0. The molecule has 0 unspecified atom stereocenters. The monoisotopic (exact) mass is 289 g/mol. The molecule has 0 atom stereocenters. The van der Waals surface area contributed by atoms with Crippen LogP contribution in [0.15, 0.2) is 46.9 Å². The quantitative estimate of drug-likeness (QED) is 0.521. The van der Waals surface area contributed by atoms with E-state index in [1.54, 1.807) is 12.1 Å². The van der Waals surface area contributed by atoms with Gasteiger partial charge in [0.2, 0.25) is 5.91 Å². The summed E-state index contributed by atoms with van der Waals surface area (Å²) in [6, 6.07) is 9.75. The van der Waals surface area contributed by atoms with Gasteiger partial charge in [0.1, 0.15) is 0 Å². The van der Waals surface area contributed by atoms with Crippen LogP contribution >= 0.6 is 11.3 Å². The summed E-state index contributed by atoms with van der Waals surface area (Å²) >= 11 is 1.50. The molecular weight excluding hydrogens is 278 g/mol. The number of rotatable bonds is 5. The maximum Gasteiger partial charge on any atom is 0.270 e. The summed E-state index contributed by atoms with van der Waals surface area (Å²) in [6.07, 6.45) is 1.64. The number of benzene rings is 1. The number of carbonyl (C=O) groups is 1. The average Bonchev–Trinajstić information content (AvgIpc) is 2.92. The van der Waals surface area contributed by atoms with Crippen molar-refractivity contribution in [3.05, 3.63) is 62.3 Å². The lowest BCUT2D eigenvalue weighted by Crippen LogP contribution is -2.19. The van der Waals surface area contributed by atoms with E-state index in [1.165, 1.54) is 29.7 Å². The van der Waals surface area contributed by atoms with Gasteiger partial charge in [0.25, 0.3) is 5.69 Å². The minimum atomic E-state index is -0.479. The lowest BCUT2D eigenvalue weighted by Gasteiger charge is -1.97. The molecule has 0 aliphatic rings. The molecule has 0 saturated heterocycles. The molecule has 2 aromatic rings. The first-order valence-electron chi connectivity index (χ1n) is 5.74. The summed E-state index contributed by atoms with van der Waals surface area (Å²) in [5.41, 5.74) is 2.92. The maximum atomic E-state index is 11.5. The number of nitrogens with one attached hydrogen (secondary N) is 1. The lowest BCUT2D eigenvalue weighted by molar-refractivity contribution is -0.384. The van der Waals surface area contributed by atoms with Crippen LogP contribution in [-0.2, 0) is 11.2 Å². The molecule has 0 bridgehead atoms. The number of nitrogens with zero attached hydrogens (tertiary/aromatic N) is 2. The van der Waals surface area contributed by atoms with Crippen molar-refractivity contribution in [1.82, 2.24) is 5.43 Å². The predicted molar refractivity (Wildman–Crippen MR) is 76.9 cm³/mol. The van der Waals surface area contributed by atoms with E-state index in [1.807, 2.05) is 17.5 Å². The molecule has 2 rings (SSSR count). The topological polar surface area (TPSA) is 84.6 Å². The number of non-ortho nitro benzene ring substituents is 1. The first kappa shape index (κ1) is 13.9. The number of amides is 1. The van der Waals surface area contributed by atoms with Crippen molar-refractivity contribution in [3.8, 4) is 0 Å². The second kappa shape index (κ2) is 6.58. The van der Waals surface area contributed by atoms with Gasteiger partial charge in [-0.05, 0) is 11.4 Å². The molecule has 0 radical (unpaired) electrons. The van der Waals surface area contributed by atoms with Crippen LogP contribution in [0.1, 0.15) is 10.4 Å². The minimum absolute atomic E-state index is 0.0149. The number of hydrazone groups is 1. The number of nitro benzene ring substituents is 1. The van der Waals surface area contributed by atoms with Gasteiger partial charge in [-0.2, -0.15) is 5.10 Å². The van der Waals surface area contributed by atoms with Crippen LogP contribution < -0.4 is 5.43 Å². The van der Waals surface area contributed by atoms with Crippen molar-refractivity contribution in [1.29, 1.82) is 0 Å². The Morgan fingerprint density at radius 2 is 2.25 bits per heavy atom. The van der Waals surface area contributed by atoms with Gasteiger partial charge in [0.15, 0.2) is 0 Å². The van der Waals surface area contributed by atoms with E-state index in [0.29, 0.717) is 5.56 Å². The highest BCUT2D eigenvalue weighted by molar-refractivity contribution is 7.10. The molecule has 1 aromatic carbocycles. The molecule has 6 nitrogen and oxygen atoms in total. The lowest BCUT2D eigenvalue weighted by atomic mass is 10.2. The SMILES string of the molecule is O=C(Cc1cccs1)N/N=C/c1cccc([N+](=O)[O-])c1. The second-order valence-electron chi connectivity index (χ2n) is 3.90. The van der Waals surface area contributed by atoms with Crippen molar-refractivity contribution in [3.63, 3.8) is 0 Å². The smallest absolute Gasteiger partial charge is 0.270 e. The Bertz CT molecular complexity index is 638. The second-order valence-corrected chi connectivity index (χ2v) is 4.93. The van der Waals surface area contributed by atoms with Crippen LogP contribution in [0.5, 0.6) is 0 Å². The molecule has 1 amide bonds. The van der Waals surface area contributed by atoms with Crippen LogP contribution in [-0.4, -0.2) is 17.0 Å². The first-order valence-corrected chi connectivity index (χ1v) is 6.62. The normalized spacial score (nSPS) is 10.6. The highest BCUT2D eigenvalue weighted by Gasteiger charge is 2.05. The third-order valence-corrected chi connectivity index (χ3v) is 3.28. The molecule has 1 heterocycles. The Morgan fingerprint density at radius 3 is 2.95 bits per heavy atom. The van der Waals surface area contributed by atoms with Crippen LogP contribution in [0.3, 0.4) is 0 Å². The Morgan fingerprint density at radius 1 is 1.40 bits per heavy atom. The first-order chi connectivity index (χ1) is 9.65. The fourth-order valence-corrected chi connectivity index (χ4v) is 2.21. The van der Waals surface area contributed by atoms with Crippen LogP contribution in [0, 0.1) is 10.1 Å². The van der Waals surface area contributed by atoms with Crippen molar-refractivity contribution in [2.75, 3.05) is 0 Å². The molecule has 102 valence electrons. The summed E-state index contributed by atoms with van der Waals surface area (Å²) in [6.45, 7) is 0. The van der Waals surface area contributed by atoms with Crippen LogP contribution in [0.4, 0.5) is 5.69 Å². The molecule has 20 heavy (non-hydrogen) atoms. The highest BCUT2D eigenvalue weighted by Crippen LogP contribution is 2.11. The van der Waals surface area contributed by atoms with E-state index in [-0.39, 0.29) is 18.0 Å². The molecule has 1 aromatic heterocycles. The molecule has 7 heteroatoms. The van der Waals surface area contributed by atoms with Gasteiger partial charge in [-0.15, -0.1) is 11.3 Å². The Kier molecular flexibility index (Phi) is 4.56. The fourth-order valence-electron chi connectivity index (χ4n) is 1.51. The maximum absolute atomic E-state index is 11.5. The van der Waals surface area contributed by atoms with E-state index in [9.17, 15) is 14.9 Å². The zero-order valence-corrected chi connectivity index (χ0v) is 11.2. The van der Waals surface area contributed by atoms with E-state index in [4.69, 9.17) is 0 Å². The van der Waals surface area contributed by atoms with Crippen molar-refractivity contribution in [2.45, 2.75) is 6.42 Å². The zero-order valence-electron chi connectivity index (χ0n) is 10.4. The van der Waals surface area contributed by atoms with Crippen molar-refractivity contribution < 1.29 is 9.72 Å². The molecule has 1 N–H and O–H groups in total. The van der Waals surface area contributed by atoms with E-state index in [0.717, 1.165) is 4.88 Å².